The molecule has 0 radical (unpaired) electrons. The lowest BCUT2D eigenvalue weighted by atomic mass is 9.82. The standard InChI is InChI=1S/C36H42/c1-3-5-7-9-29-13-21-33(22-14-29)35-25-17-31(18-26-35)11-12-32-19-27-36(28-20-32)34-23-15-30(16-24-34)10-8-6-4-2/h13-15,17-23,25-28,30,34H,3-10,16,24H2,1-2H3. The molecule has 3 aromatic rings. The van der Waals surface area contributed by atoms with Gasteiger partial charge in [-0.1, -0.05) is 118 Å². The topological polar surface area (TPSA) is 0 Å². The zero-order valence-corrected chi connectivity index (χ0v) is 22.3. The van der Waals surface area contributed by atoms with Crippen LogP contribution in [-0.2, 0) is 6.42 Å². The lowest BCUT2D eigenvalue weighted by Crippen LogP contribution is -2.07. The highest BCUT2D eigenvalue weighted by Gasteiger charge is 2.16. The molecule has 3 aromatic carbocycles. The zero-order valence-electron chi connectivity index (χ0n) is 22.3. The van der Waals surface area contributed by atoms with Crippen molar-refractivity contribution in [3.8, 4) is 23.0 Å². The Balaban J connectivity index is 1.31. The molecule has 0 aromatic heterocycles. The minimum atomic E-state index is 0.562. The van der Waals surface area contributed by atoms with E-state index in [-0.39, 0.29) is 0 Å². The predicted molar refractivity (Wildman–Crippen MR) is 156 cm³/mol. The molecule has 0 nitrogen and oxygen atoms in total. The van der Waals surface area contributed by atoms with E-state index in [0.717, 1.165) is 17.0 Å². The molecule has 2 atom stereocenters. The van der Waals surface area contributed by atoms with Crippen LogP contribution >= 0.6 is 0 Å². The van der Waals surface area contributed by atoms with Crippen LogP contribution in [0.3, 0.4) is 0 Å². The van der Waals surface area contributed by atoms with Gasteiger partial charge in [-0.25, -0.2) is 0 Å². The maximum Gasteiger partial charge on any atom is 0.0249 e. The van der Waals surface area contributed by atoms with Crippen LogP contribution in [0.4, 0.5) is 0 Å². The average Bonchev–Trinajstić information content (AvgIpc) is 2.94. The normalized spacial score (nSPS) is 16.9. The van der Waals surface area contributed by atoms with Crippen molar-refractivity contribution in [1.82, 2.24) is 0 Å². The lowest BCUT2D eigenvalue weighted by Gasteiger charge is -2.23. The van der Waals surface area contributed by atoms with Crippen LogP contribution in [0.5, 0.6) is 0 Å². The molecule has 0 saturated heterocycles. The van der Waals surface area contributed by atoms with Crippen molar-refractivity contribution < 1.29 is 0 Å². The third-order valence-electron chi connectivity index (χ3n) is 7.57. The summed E-state index contributed by atoms with van der Waals surface area (Å²) in [5, 5.41) is 0. The summed E-state index contributed by atoms with van der Waals surface area (Å²) in [6.07, 6.45) is 18.0. The van der Waals surface area contributed by atoms with Gasteiger partial charge in [-0.15, -0.1) is 0 Å². The van der Waals surface area contributed by atoms with Gasteiger partial charge in [0.25, 0.3) is 0 Å². The van der Waals surface area contributed by atoms with Gasteiger partial charge in [0.2, 0.25) is 0 Å². The van der Waals surface area contributed by atoms with Crippen molar-refractivity contribution in [2.45, 2.75) is 84.0 Å². The predicted octanol–water partition coefficient (Wildman–Crippen LogP) is 10.1. The number of hydrogen-bond acceptors (Lipinski definition) is 0. The van der Waals surface area contributed by atoms with Gasteiger partial charge >= 0.3 is 0 Å². The molecule has 4 rings (SSSR count). The van der Waals surface area contributed by atoms with Gasteiger partial charge in [0.05, 0.1) is 0 Å². The Kier molecular flexibility index (Phi) is 10.0. The monoisotopic (exact) mass is 474 g/mol. The van der Waals surface area contributed by atoms with Crippen LogP contribution in [-0.4, -0.2) is 0 Å². The molecule has 0 N–H and O–H groups in total. The van der Waals surface area contributed by atoms with E-state index in [1.54, 1.807) is 0 Å². The van der Waals surface area contributed by atoms with E-state index >= 15 is 0 Å². The third kappa shape index (κ3) is 7.73. The van der Waals surface area contributed by atoms with Crippen molar-refractivity contribution in [2.75, 3.05) is 0 Å². The van der Waals surface area contributed by atoms with Crippen molar-refractivity contribution in [3.63, 3.8) is 0 Å². The van der Waals surface area contributed by atoms with E-state index in [0.29, 0.717) is 5.92 Å². The van der Waals surface area contributed by atoms with Crippen molar-refractivity contribution in [3.05, 3.63) is 107 Å². The van der Waals surface area contributed by atoms with E-state index in [4.69, 9.17) is 0 Å². The first-order chi connectivity index (χ1) is 17.7. The summed E-state index contributed by atoms with van der Waals surface area (Å²) in [6, 6.07) is 26.6. The Bertz CT molecular complexity index is 1130. The summed E-state index contributed by atoms with van der Waals surface area (Å²) in [5.74, 6) is 8.05. The highest BCUT2D eigenvalue weighted by atomic mass is 14.2. The molecule has 0 fully saturated rings. The van der Waals surface area contributed by atoms with E-state index < -0.39 is 0 Å². The molecule has 36 heavy (non-hydrogen) atoms. The van der Waals surface area contributed by atoms with Crippen molar-refractivity contribution in [2.24, 2.45) is 5.92 Å². The fourth-order valence-corrected chi connectivity index (χ4v) is 5.20. The van der Waals surface area contributed by atoms with Crippen LogP contribution in [0.1, 0.15) is 99.8 Å². The lowest BCUT2D eigenvalue weighted by molar-refractivity contribution is 0.460. The van der Waals surface area contributed by atoms with Gasteiger partial charge in [0.1, 0.15) is 0 Å². The Morgan fingerprint density at radius 2 is 1.19 bits per heavy atom. The number of benzene rings is 3. The van der Waals surface area contributed by atoms with Crippen LogP contribution in [0.2, 0.25) is 0 Å². The number of unbranched alkanes of at least 4 members (excludes halogenated alkanes) is 4. The van der Waals surface area contributed by atoms with E-state index in [1.807, 2.05) is 0 Å². The first-order valence-electron chi connectivity index (χ1n) is 14.2. The second kappa shape index (κ2) is 13.9. The van der Waals surface area contributed by atoms with Crippen LogP contribution < -0.4 is 0 Å². The van der Waals surface area contributed by atoms with Crippen molar-refractivity contribution in [1.29, 1.82) is 0 Å². The van der Waals surface area contributed by atoms with Crippen LogP contribution in [0, 0.1) is 17.8 Å². The third-order valence-corrected chi connectivity index (χ3v) is 7.57. The number of rotatable bonds is 10. The van der Waals surface area contributed by atoms with Gasteiger partial charge in [-0.2, -0.15) is 0 Å². The van der Waals surface area contributed by atoms with E-state index in [9.17, 15) is 0 Å². The maximum atomic E-state index is 3.35. The molecule has 2 unspecified atom stereocenters. The fourth-order valence-electron chi connectivity index (χ4n) is 5.20. The fraction of sp³-hybridized carbons (Fsp3) is 0.389. The number of aryl methyl sites for hydroxylation is 1. The molecular formula is C36H42. The first-order valence-corrected chi connectivity index (χ1v) is 14.2. The van der Waals surface area contributed by atoms with Gasteiger partial charge in [0, 0.05) is 17.0 Å². The Morgan fingerprint density at radius 3 is 1.78 bits per heavy atom. The molecular weight excluding hydrogens is 432 g/mol. The van der Waals surface area contributed by atoms with E-state index in [2.05, 4.69) is 111 Å². The van der Waals surface area contributed by atoms with Gasteiger partial charge in [0.15, 0.2) is 0 Å². The highest BCUT2D eigenvalue weighted by molar-refractivity contribution is 5.64. The minimum Gasteiger partial charge on any atom is -0.0848 e. The maximum absolute atomic E-state index is 3.35. The first kappa shape index (κ1) is 26.0. The molecule has 1 aliphatic rings. The highest BCUT2D eigenvalue weighted by Crippen LogP contribution is 2.32. The quantitative estimate of drug-likeness (QED) is 0.156. The summed E-state index contributed by atoms with van der Waals surface area (Å²) >= 11 is 0. The molecule has 0 amide bonds. The molecule has 0 bridgehead atoms. The van der Waals surface area contributed by atoms with Crippen LogP contribution in [0.15, 0.2) is 84.9 Å². The SMILES string of the molecule is CCCCCc1ccc(-c2ccc(C#Cc3ccc(C4C=CC(CCCCC)CC4)cc3)cc2)cc1. The Morgan fingerprint density at radius 1 is 0.611 bits per heavy atom. The number of hydrogen-bond donors (Lipinski definition) is 0. The van der Waals surface area contributed by atoms with Gasteiger partial charge in [-0.3, -0.25) is 0 Å². The second-order valence-electron chi connectivity index (χ2n) is 10.4. The Labute approximate surface area is 219 Å². The molecule has 0 aliphatic heterocycles. The summed E-state index contributed by atoms with van der Waals surface area (Å²) in [6.45, 7) is 4.54. The summed E-state index contributed by atoms with van der Waals surface area (Å²) in [4.78, 5) is 0. The average molecular weight is 475 g/mol. The largest absolute Gasteiger partial charge is 0.0848 e. The summed E-state index contributed by atoms with van der Waals surface area (Å²) < 4.78 is 0. The minimum absolute atomic E-state index is 0.562. The molecule has 0 spiro atoms. The van der Waals surface area contributed by atoms with Crippen LogP contribution in [0.25, 0.3) is 11.1 Å². The second-order valence-corrected chi connectivity index (χ2v) is 10.4. The van der Waals surface area contributed by atoms with Gasteiger partial charge < -0.3 is 0 Å². The molecule has 0 heteroatoms. The van der Waals surface area contributed by atoms with Crippen molar-refractivity contribution >= 4 is 0 Å². The molecule has 1 aliphatic carbocycles. The smallest absolute Gasteiger partial charge is 0.0249 e. The molecule has 0 heterocycles. The van der Waals surface area contributed by atoms with E-state index in [1.165, 1.54) is 86.5 Å². The number of allylic oxidation sites excluding steroid dienone is 2. The summed E-state index contributed by atoms with van der Waals surface area (Å²) in [5.41, 5.74) is 7.52. The Hall–Kier alpha value is -3.04. The van der Waals surface area contributed by atoms with Gasteiger partial charge in [-0.05, 0) is 84.5 Å². The zero-order chi connectivity index (χ0) is 25.0. The summed E-state index contributed by atoms with van der Waals surface area (Å²) in [7, 11) is 0. The molecule has 186 valence electrons. The molecule has 0 saturated carbocycles.